The Balaban J connectivity index is 1.86. The van der Waals surface area contributed by atoms with Crippen LogP contribution in [0.25, 0.3) is 5.82 Å². The van der Waals surface area contributed by atoms with Crippen LogP contribution in [0.4, 0.5) is 10.2 Å². The second-order valence-electron chi connectivity index (χ2n) is 5.78. The van der Waals surface area contributed by atoms with Gasteiger partial charge >= 0.3 is 0 Å². The van der Waals surface area contributed by atoms with Gasteiger partial charge in [-0.2, -0.15) is 9.78 Å². The van der Waals surface area contributed by atoms with Crippen molar-refractivity contribution in [2.24, 2.45) is 0 Å². The van der Waals surface area contributed by atoms with Crippen molar-refractivity contribution in [2.45, 2.75) is 19.6 Å². The fourth-order valence-electron chi connectivity index (χ4n) is 2.37. The van der Waals surface area contributed by atoms with Crippen molar-refractivity contribution in [1.82, 2.24) is 14.8 Å². The van der Waals surface area contributed by atoms with Crippen LogP contribution in [-0.4, -0.2) is 23.2 Å². The molecule has 0 radical (unpaired) electrons. The lowest BCUT2D eigenvalue weighted by Gasteiger charge is -2.11. The van der Waals surface area contributed by atoms with Crippen LogP contribution >= 0.6 is 0 Å². The number of anilines is 1. The quantitative estimate of drug-likeness (QED) is 0.759. The Kier molecular flexibility index (Phi) is 4.54. The van der Waals surface area contributed by atoms with Crippen molar-refractivity contribution < 1.29 is 12.8 Å². The van der Waals surface area contributed by atoms with E-state index in [1.54, 1.807) is 25.3 Å². The second kappa shape index (κ2) is 6.64. The summed E-state index contributed by atoms with van der Waals surface area (Å²) in [5.74, 6) is -0.278. The zero-order valence-electron chi connectivity index (χ0n) is 13.8. The number of nitrogens with one attached hydrogen (secondary N) is 1. The SMILES string of the molecule is Cc1ccnc(-n2nccc2NS(=O)(=O)Cc2ccc(C)cc2F)c1. The summed E-state index contributed by atoms with van der Waals surface area (Å²) in [7, 11) is -3.81. The predicted molar refractivity (Wildman–Crippen MR) is 93.5 cm³/mol. The number of pyridine rings is 1. The third-order valence-electron chi connectivity index (χ3n) is 3.57. The molecule has 0 bridgehead atoms. The number of halogens is 1. The highest BCUT2D eigenvalue weighted by Crippen LogP contribution is 2.18. The van der Waals surface area contributed by atoms with Crippen LogP contribution in [-0.2, 0) is 15.8 Å². The molecule has 0 saturated heterocycles. The lowest BCUT2D eigenvalue weighted by Crippen LogP contribution is -2.18. The average Bonchev–Trinajstić information content (AvgIpc) is 2.97. The molecule has 0 aliphatic heterocycles. The molecule has 0 saturated carbocycles. The van der Waals surface area contributed by atoms with E-state index in [9.17, 15) is 12.8 Å². The number of sulfonamides is 1. The van der Waals surface area contributed by atoms with Crippen molar-refractivity contribution in [1.29, 1.82) is 0 Å². The number of rotatable bonds is 5. The Labute approximate surface area is 145 Å². The first-order chi connectivity index (χ1) is 11.8. The average molecular weight is 360 g/mol. The minimum Gasteiger partial charge on any atom is -0.267 e. The van der Waals surface area contributed by atoms with Gasteiger partial charge in [0.05, 0.1) is 11.9 Å². The topological polar surface area (TPSA) is 76.9 Å². The van der Waals surface area contributed by atoms with E-state index in [1.807, 2.05) is 13.0 Å². The maximum atomic E-state index is 13.9. The van der Waals surface area contributed by atoms with Gasteiger partial charge in [0.25, 0.3) is 0 Å². The van der Waals surface area contributed by atoms with E-state index in [4.69, 9.17) is 0 Å². The van der Waals surface area contributed by atoms with E-state index in [0.717, 1.165) is 11.1 Å². The van der Waals surface area contributed by atoms with Gasteiger partial charge in [0.2, 0.25) is 10.0 Å². The minimum atomic E-state index is -3.81. The van der Waals surface area contributed by atoms with Gasteiger partial charge in [-0.05, 0) is 43.2 Å². The van der Waals surface area contributed by atoms with Gasteiger partial charge in [-0.25, -0.2) is 17.8 Å². The molecule has 1 N–H and O–H groups in total. The Morgan fingerprint density at radius 3 is 2.56 bits per heavy atom. The molecule has 0 aliphatic carbocycles. The molecule has 6 nitrogen and oxygen atoms in total. The van der Waals surface area contributed by atoms with Crippen molar-refractivity contribution in [3.63, 3.8) is 0 Å². The number of hydrogen-bond acceptors (Lipinski definition) is 4. The molecule has 0 unspecified atom stereocenters. The van der Waals surface area contributed by atoms with E-state index >= 15 is 0 Å². The molecule has 2 heterocycles. The first-order valence-corrected chi connectivity index (χ1v) is 9.22. The van der Waals surface area contributed by atoms with E-state index in [0.29, 0.717) is 5.82 Å². The molecule has 0 atom stereocenters. The van der Waals surface area contributed by atoms with Crippen LogP contribution in [0.5, 0.6) is 0 Å². The summed E-state index contributed by atoms with van der Waals surface area (Å²) < 4.78 is 42.6. The number of hydrogen-bond donors (Lipinski definition) is 1. The van der Waals surface area contributed by atoms with Crippen LogP contribution in [0.15, 0.2) is 48.8 Å². The van der Waals surface area contributed by atoms with Gasteiger partial charge < -0.3 is 0 Å². The first kappa shape index (κ1) is 17.1. The Hall–Kier alpha value is -2.74. The standard InChI is InChI=1S/C17H17FN4O2S/c1-12-3-4-14(15(18)9-12)11-25(23,24)21-16-6-8-20-22(16)17-10-13(2)5-7-19-17/h3-10,21H,11H2,1-2H3. The number of nitrogens with zero attached hydrogens (tertiary/aromatic N) is 3. The Bertz CT molecular complexity index is 1010. The molecule has 8 heteroatoms. The maximum absolute atomic E-state index is 13.9. The normalized spacial score (nSPS) is 11.5. The maximum Gasteiger partial charge on any atom is 0.238 e. The first-order valence-electron chi connectivity index (χ1n) is 7.57. The molecular formula is C17H17FN4O2S. The summed E-state index contributed by atoms with van der Waals surface area (Å²) in [6.45, 7) is 3.64. The van der Waals surface area contributed by atoms with Crippen molar-refractivity contribution in [3.8, 4) is 5.82 Å². The van der Waals surface area contributed by atoms with E-state index in [1.165, 1.54) is 29.1 Å². The van der Waals surface area contributed by atoms with Gasteiger partial charge in [-0.3, -0.25) is 4.72 Å². The molecule has 1 aromatic carbocycles. The van der Waals surface area contributed by atoms with E-state index in [-0.39, 0.29) is 11.4 Å². The van der Waals surface area contributed by atoms with Gasteiger partial charge in [0, 0.05) is 17.8 Å². The molecule has 0 amide bonds. The zero-order chi connectivity index (χ0) is 18.0. The monoisotopic (exact) mass is 360 g/mol. The molecule has 0 spiro atoms. The summed E-state index contributed by atoms with van der Waals surface area (Å²) in [4.78, 5) is 4.19. The summed E-state index contributed by atoms with van der Waals surface area (Å²) in [6, 6.07) is 9.60. The van der Waals surface area contributed by atoms with Gasteiger partial charge in [-0.15, -0.1) is 0 Å². The number of aromatic nitrogens is 3. The number of aryl methyl sites for hydroxylation is 2. The fourth-order valence-corrected chi connectivity index (χ4v) is 3.56. The molecule has 130 valence electrons. The Morgan fingerprint density at radius 2 is 1.84 bits per heavy atom. The third kappa shape index (κ3) is 4.03. The van der Waals surface area contributed by atoms with E-state index in [2.05, 4.69) is 14.8 Å². The highest BCUT2D eigenvalue weighted by molar-refractivity contribution is 7.91. The molecule has 2 aromatic heterocycles. The molecule has 0 fully saturated rings. The van der Waals surface area contributed by atoms with Crippen molar-refractivity contribution >= 4 is 15.8 Å². The van der Waals surface area contributed by atoms with Crippen molar-refractivity contribution in [3.05, 3.63) is 71.3 Å². The van der Waals surface area contributed by atoms with Crippen LogP contribution in [0.1, 0.15) is 16.7 Å². The highest BCUT2D eigenvalue weighted by Gasteiger charge is 2.18. The summed E-state index contributed by atoms with van der Waals surface area (Å²) in [5, 5.41) is 4.10. The second-order valence-corrected chi connectivity index (χ2v) is 7.50. The molecule has 25 heavy (non-hydrogen) atoms. The Morgan fingerprint density at radius 1 is 1.08 bits per heavy atom. The molecule has 3 rings (SSSR count). The lowest BCUT2D eigenvalue weighted by atomic mass is 10.2. The summed E-state index contributed by atoms with van der Waals surface area (Å²) >= 11 is 0. The zero-order valence-corrected chi connectivity index (χ0v) is 14.6. The smallest absolute Gasteiger partial charge is 0.238 e. The van der Waals surface area contributed by atoms with Crippen LogP contribution in [0.2, 0.25) is 0 Å². The predicted octanol–water partition coefficient (Wildman–Crippen LogP) is 2.97. The van der Waals surface area contributed by atoms with Gasteiger partial charge in [-0.1, -0.05) is 12.1 Å². The minimum absolute atomic E-state index is 0.109. The summed E-state index contributed by atoms with van der Waals surface area (Å²) in [6.07, 6.45) is 3.08. The van der Waals surface area contributed by atoms with Crippen LogP contribution in [0.3, 0.4) is 0 Å². The lowest BCUT2D eigenvalue weighted by molar-refractivity contribution is 0.590. The number of benzene rings is 1. The van der Waals surface area contributed by atoms with E-state index < -0.39 is 21.6 Å². The van der Waals surface area contributed by atoms with Crippen LogP contribution in [0, 0.1) is 19.7 Å². The molecule has 0 aliphatic rings. The third-order valence-corrected chi connectivity index (χ3v) is 4.79. The summed E-state index contributed by atoms with van der Waals surface area (Å²) in [5.41, 5.74) is 1.81. The molecule has 3 aromatic rings. The van der Waals surface area contributed by atoms with Crippen molar-refractivity contribution in [2.75, 3.05) is 4.72 Å². The molecular weight excluding hydrogens is 343 g/mol. The van der Waals surface area contributed by atoms with Crippen LogP contribution < -0.4 is 4.72 Å². The van der Waals surface area contributed by atoms with Gasteiger partial charge in [0.15, 0.2) is 5.82 Å². The largest absolute Gasteiger partial charge is 0.267 e. The highest BCUT2D eigenvalue weighted by atomic mass is 32.2. The fraction of sp³-hybridized carbons (Fsp3) is 0.176. The van der Waals surface area contributed by atoms with Gasteiger partial charge in [0.1, 0.15) is 11.6 Å².